The third-order valence-electron chi connectivity index (χ3n) is 3.69. The lowest BCUT2D eigenvalue weighted by Crippen LogP contribution is -2.23. The van der Waals surface area contributed by atoms with Gasteiger partial charge < -0.3 is 9.47 Å². The summed E-state index contributed by atoms with van der Waals surface area (Å²) in [5.41, 5.74) is 3.36. The van der Waals surface area contributed by atoms with Crippen LogP contribution >= 0.6 is 0 Å². The molecule has 0 fully saturated rings. The summed E-state index contributed by atoms with van der Waals surface area (Å²) >= 11 is 0. The molecule has 0 amide bonds. The molecule has 0 heterocycles. The lowest BCUT2D eigenvalue weighted by atomic mass is 9.78. The van der Waals surface area contributed by atoms with Crippen LogP contribution in [0, 0.1) is 11.3 Å². The summed E-state index contributed by atoms with van der Waals surface area (Å²) in [6, 6.07) is 15.8. The first-order valence-corrected chi connectivity index (χ1v) is 6.60. The molecule has 0 bridgehead atoms. The van der Waals surface area contributed by atoms with E-state index in [0.29, 0.717) is 29.6 Å². The van der Waals surface area contributed by atoms with Crippen LogP contribution in [-0.2, 0) is 6.42 Å². The second-order valence-corrected chi connectivity index (χ2v) is 4.89. The van der Waals surface area contributed by atoms with Crippen molar-refractivity contribution < 1.29 is 9.47 Å². The molecule has 100 valence electrons. The lowest BCUT2D eigenvalue weighted by molar-refractivity contribution is 0.261. The number of rotatable bonds is 4. The molecule has 2 aromatic rings. The van der Waals surface area contributed by atoms with Crippen molar-refractivity contribution in [2.75, 3.05) is 13.7 Å². The summed E-state index contributed by atoms with van der Waals surface area (Å²) in [6.07, 6.45) is 1.06. The van der Waals surface area contributed by atoms with E-state index in [1.165, 1.54) is 11.1 Å². The Kier molecular flexibility index (Phi) is 3.30. The van der Waals surface area contributed by atoms with Gasteiger partial charge in [0.05, 0.1) is 25.3 Å². The molecule has 0 radical (unpaired) electrons. The molecular weight excluding hydrogens is 250 g/mol. The van der Waals surface area contributed by atoms with E-state index in [9.17, 15) is 0 Å². The van der Waals surface area contributed by atoms with E-state index in [2.05, 4.69) is 30.3 Å². The van der Waals surface area contributed by atoms with E-state index in [0.717, 1.165) is 6.42 Å². The third kappa shape index (κ3) is 2.21. The molecule has 3 nitrogen and oxygen atoms in total. The first kappa shape index (κ1) is 12.6. The summed E-state index contributed by atoms with van der Waals surface area (Å²) in [4.78, 5) is 0. The average molecular weight is 265 g/mol. The highest BCUT2D eigenvalue weighted by Crippen LogP contribution is 2.36. The smallest absolute Gasteiger partial charge is 0.162 e. The van der Waals surface area contributed by atoms with Gasteiger partial charge in [0.15, 0.2) is 11.5 Å². The van der Waals surface area contributed by atoms with Gasteiger partial charge in [-0.05, 0) is 29.7 Å². The van der Waals surface area contributed by atoms with Crippen LogP contribution in [-0.4, -0.2) is 13.7 Å². The van der Waals surface area contributed by atoms with Crippen LogP contribution in [0.3, 0.4) is 0 Å². The molecule has 0 aliphatic heterocycles. The van der Waals surface area contributed by atoms with Crippen molar-refractivity contribution in [3.8, 4) is 17.6 Å². The molecule has 1 aliphatic rings. The van der Waals surface area contributed by atoms with Crippen molar-refractivity contribution in [1.82, 2.24) is 0 Å². The van der Waals surface area contributed by atoms with Crippen molar-refractivity contribution >= 4 is 0 Å². The molecular formula is C17H15NO2. The highest BCUT2D eigenvalue weighted by Gasteiger charge is 2.26. The standard InChI is InChI=1S/C17H15NO2/c1-19-17-8-12(10-18)6-7-16(17)20-11-14-9-13-4-2-3-5-15(13)14/h2-8,14H,9,11H2,1H3. The van der Waals surface area contributed by atoms with Crippen molar-refractivity contribution in [2.24, 2.45) is 0 Å². The molecule has 0 saturated carbocycles. The largest absolute Gasteiger partial charge is 0.493 e. The summed E-state index contributed by atoms with van der Waals surface area (Å²) in [7, 11) is 1.59. The second-order valence-electron chi connectivity index (χ2n) is 4.89. The average Bonchev–Trinajstić information content (AvgIpc) is 2.48. The highest BCUT2D eigenvalue weighted by molar-refractivity contribution is 5.47. The van der Waals surface area contributed by atoms with E-state index in [1.54, 1.807) is 25.3 Å². The van der Waals surface area contributed by atoms with Gasteiger partial charge in [0.25, 0.3) is 0 Å². The van der Waals surface area contributed by atoms with E-state index < -0.39 is 0 Å². The minimum absolute atomic E-state index is 0.451. The van der Waals surface area contributed by atoms with E-state index in [1.807, 2.05) is 0 Å². The van der Waals surface area contributed by atoms with Crippen LogP contribution in [0.4, 0.5) is 0 Å². The number of methoxy groups -OCH3 is 1. The first-order valence-electron chi connectivity index (χ1n) is 6.60. The summed E-state index contributed by atoms with van der Waals surface area (Å²) in [5, 5.41) is 8.88. The zero-order valence-electron chi connectivity index (χ0n) is 11.3. The fourth-order valence-corrected chi connectivity index (χ4v) is 2.56. The van der Waals surface area contributed by atoms with E-state index in [4.69, 9.17) is 14.7 Å². The van der Waals surface area contributed by atoms with Gasteiger partial charge in [0.1, 0.15) is 0 Å². The quantitative estimate of drug-likeness (QED) is 0.852. The highest BCUT2D eigenvalue weighted by atomic mass is 16.5. The van der Waals surface area contributed by atoms with Gasteiger partial charge >= 0.3 is 0 Å². The van der Waals surface area contributed by atoms with Gasteiger partial charge in [0.2, 0.25) is 0 Å². The van der Waals surface area contributed by atoms with Crippen molar-refractivity contribution in [3.63, 3.8) is 0 Å². The topological polar surface area (TPSA) is 42.2 Å². The van der Waals surface area contributed by atoms with Crippen molar-refractivity contribution in [3.05, 3.63) is 59.2 Å². The molecule has 2 aromatic carbocycles. The number of nitriles is 1. The normalized spacial score (nSPS) is 15.7. The van der Waals surface area contributed by atoms with Crippen molar-refractivity contribution in [1.29, 1.82) is 5.26 Å². The first-order chi connectivity index (χ1) is 9.81. The molecule has 0 spiro atoms. The molecule has 3 rings (SSSR count). The SMILES string of the molecule is COc1cc(C#N)ccc1OCC1Cc2ccccc21. The molecule has 20 heavy (non-hydrogen) atoms. The van der Waals surface area contributed by atoms with Gasteiger partial charge in [-0.15, -0.1) is 0 Å². The van der Waals surface area contributed by atoms with Gasteiger partial charge in [-0.3, -0.25) is 0 Å². The molecule has 3 heteroatoms. The maximum Gasteiger partial charge on any atom is 0.162 e. The number of hydrogen-bond acceptors (Lipinski definition) is 3. The zero-order valence-corrected chi connectivity index (χ0v) is 11.3. The fourth-order valence-electron chi connectivity index (χ4n) is 2.56. The van der Waals surface area contributed by atoms with E-state index in [-0.39, 0.29) is 0 Å². The summed E-state index contributed by atoms with van der Waals surface area (Å²) in [5.74, 6) is 1.75. The number of hydrogen-bond donors (Lipinski definition) is 0. The maximum atomic E-state index is 8.88. The van der Waals surface area contributed by atoms with Crippen LogP contribution in [0.5, 0.6) is 11.5 Å². The molecule has 0 saturated heterocycles. The Morgan fingerprint density at radius 2 is 2.05 bits per heavy atom. The Hall–Kier alpha value is -2.47. The summed E-state index contributed by atoms with van der Waals surface area (Å²) in [6.45, 7) is 0.638. The van der Waals surface area contributed by atoms with Crippen LogP contribution in [0.15, 0.2) is 42.5 Å². The number of fused-ring (bicyclic) bond motifs is 1. The number of nitrogens with zero attached hydrogens (tertiary/aromatic N) is 1. The Balaban J connectivity index is 1.70. The molecule has 0 aromatic heterocycles. The van der Waals surface area contributed by atoms with Gasteiger partial charge in [0, 0.05) is 12.0 Å². The maximum absolute atomic E-state index is 8.88. The van der Waals surface area contributed by atoms with Gasteiger partial charge in [-0.2, -0.15) is 5.26 Å². The minimum atomic E-state index is 0.451. The number of ether oxygens (including phenoxy) is 2. The zero-order chi connectivity index (χ0) is 13.9. The van der Waals surface area contributed by atoms with Crippen molar-refractivity contribution in [2.45, 2.75) is 12.3 Å². The van der Waals surface area contributed by atoms with E-state index >= 15 is 0 Å². The van der Waals surface area contributed by atoms with Crippen LogP contribution < -0.4 is 9.47 Å². The van der Waals surface area contributed by atoms with Gasteiger partial charge in [-0.25, -0.2) is 0 Å². The lowest BCUT2D eigenvalue weighted by Gasteiger charge is -2.30. The Morgan fingerprint density at radius 3 is 2.80 bits per heavy atom. The monoisotopic (exact) mass is 265 g/mol. The summed E-state index contributed by atoms with van der Waals surface area (Å²) < 4.78 is 11.1. The molecule has 1 atom stereocenters. The Morgan fingerprint density at radius 1 is 1.20 bits per heavy atom. The molecule has 1 aliphatic carbocycles. The predicted octanol–water partition coefficient (Wildman–Crippen LogP) is 3.29. The second kappa shape index (κ2) is 5.26. The Labute approximate surface area is 118 Å². The van der Waals surface area contributed by atoms with Crippen LogP contribution in [0.2, 0.25) is 0 Å². The number of benzene rings is 2. The Bertz CT molecular complexity index is 673. The fraction of sp³-hybridized carbons (Fsp3) is 0.235. The third-order valence-corrected chi connectivity index (χ3v) is 3.69. The molecule has 1 unspecified atom stereocenters. The minimum Gasteiger partial charge on any atom is -0.493 e. The van der Waals surface area contributed by atoms with Crippen LogP contribution in [0.25, 0.3) is 0 Å². The molecule has 0 N–H and O–H groups in total. The predicted molar refractivity (Wildman–Crippen MR) is 76.1 cm³/mol. The van der Waals surface area contributed by atoms with Crippen LogP contribution in [0.1, 0.15) is 22.6 Å². The van der Waals surface area contributed by atoms with Gasteiger partial charge in [-0.1, -0.05) is 24.3 Å².